The summed E-state index contributed by atoms with van der Waals surface area (Å²) in [5.74, 6) is -0.0256. The fourth-order valence-electron chi connectivity index (χ4n) is 1.94. The molecule has 0 bridgehead atoms. The summed E-state index contributed by atoms with van der Waals surface area (Å²) < 4.78 is 15.9. The van der Waals surface area contributed by atoms with Crippen molar-refractivity contribution in [3.63, 3.8) is 0 Å². The van der Waals surface area contributed by atoms with Crippen molar-refractivity contribution in [3.8, 4) is 0 Å². The van der Waals surface area contributed by atoms with Crippen LogP contribution in [0.3, 0.4) is 0 Å². The number of rotatable bonds is 6. The van der Waals surface area contributed by atoms with Gasteiger partial charge in [0.15, 0.2) is 5.82 Å². The van der Waals surface area contributed by atoms with Crippen LogP contribution in [0.1, 0.15) is 25.3 Å². The van der Waals surface area contributed by atoms with Crippen molar-refractivity contribution in [1.82, 2.24) is 15.1 Å². The van der Waals surface area contributed by atoms with Gasteiger partial charge in [0.25, 0.3) is 0 Å². The number of amides is 2. The van der Waals surface area contributed by atoms with Crippen LogP contribution in [0, 0.1) is 5.82 Å². The van der Waals surface area contributed by atoms with E-state index in [2.05, 4.69) is 31.7 Å². The third-order valence-corrected chi connectivity index (χ3v) is 4.08. The van der Waals surface area contributed by atoms with Crippen molar-refractivity contribution >= 4 is 39.4 Å². The summed E-state index contributed by atoms with van der Waals surface area (Å²) in [4.78, 5) is 11.7. The summed E-state index contributed by atoms with van der Waals surface area (Å²) in [6, 6.07) is 4.19. The number of halogens is 3. The molecule has 1 heterocycles. The molecule has 0 saturated carbocycles. The zero-order valence-electron chi connectivity index (χ0n) is 12.6. The first-order valence-corrected chi connectivity index (χ1v) is 8.39. The van der Waals surface area contributed by atoms with Crippen LogP contribution < -0.4 is 10.6 Å². The van der Waals surface area contributed by atoms with Gasteiger partial charge in [0, 0.05) is 23.3 Å². The number of carbonyl (C=O) groups is 1. The molecular weight excluding hydrogens is 387 g/mol. The summed E-state index contributed by atoms with van der Waals surface area (Å²) in [7, 11) is 0. The quantitative estimate of drug-likeness (QED) is 0.702. The van der Waals surface area contributed by atoms with Crippen LogP contribution in [0.4, 0.5) is 15.0 Å². The molecule has 2 amide bonds. The number of aromatic nitrogens is 2. The van der Waals surface area contributed by atoms with Gasteiger partial charge in [0.1, 0.15) is 5.82 Å². The van der Waals surface area contributed by atoms with Gasteiger partial charge in [-0.25, -0.2) is 9.18 Å². The Labute approximate surface area is 147 Å². The van der Waals surface area contributed by atoms with Crippen LogP contribution in [0.25, 0.3) is 0 Å². The molecule has 1 aromatic carbocycles. The Morgan fingerprint density at radius 2 is 2.26 bits per heavy atom. The lowest BCUT2D eigenvalue weighted by Gasteiger charge is -2.06. The number of hydrogen-bond acceptors (Lipinski definition) is 2. The van der Waals surface area contributed by atoms with Crippen molar-refractivity contribution < 1.29 is 9.18 Å². The summed E-state index contributed by atoms with van der Waals surface area (Å²) in [6.45, 7) is 2.82. The normalized spacial score (nSPS) is 10.6. The summed E-state index contributed by atoms with van der Waals surface area (Å²) in [6.07, 6.45) is 3.57. The Balaban J connectivity index is 2.05. The van der Waals surface area contributed by atoms with Crippen LogP contribution in [0.15, 0.2) is 28.9 Å². The second-order valence-electron chi connectivity index (χ2n) is 4.96. The van der Waals surface area contributed by atoms with E-state index < -0.39 is 5.82 Å². The van der Waals surface area contributed by atoms with E-state index in [1.807, 2.05) is 6.92 Å². The minimum Gasteiger partial charge on any atom is -0.338 e. The molecule has 0 aliphatic carbocycles. The predicted molar refractivity (Wildman–Crippen MR) is 92.4 cm³/mol. The third-order valence-electron chi connectivity index (χ3n) is 3.15. The number of hydrogen-bond donors (Lipinski definition) is 2. The van der Waals surface area contributed by atoms with E-state index >= 15 is 0 Å². The van der Waals surface area contributed by atoms with Crippen molar-refractivity contribution in [2.24, 2.45) is 0 Å². The number of carbonyl (C=O) groups excluding carboxylic acids is 1. The molecule has 0 aliphatic heterocycles. The Morgan fingerprint density at radius 1 is 1.48 bits per heavy atom. The molecule has 2 aromatic rings. The van der Waals surface area contributed by atoms with Gasteiger partial charge in [-0.05, 0) is 34.5 Å². The number of anilines is 1. The summed E-state index contributed by atoms with van der Waals surface area (Å²) in [5.41, 5.74) is 0.350. The highest BCUT2D eigenvalue weighted by Crippen LogP contribution is 2.23. The minimum atomic E-state index is -0.393. The van der Waals surface area contributed by atoms with E-state index in [1.54, 1.807) is 18.3 Å². The molecule has 1 aromatic heterocycles. The molecular formula is C15H17BrClFN4O. The summed E-state index contributed by atoms with van der Waals surface area (Å²) >= 11 is 9.33. The van der Waals surface area contributed by atoms with Crippen LogP contribution in [0.5, 0.6) is 0 Å². The Morgan fingerprint density at radius 3 is 2.96 bits per heavy atom. The lowest BCUT2D eigenvalue weighted by molar-refractivity contribution is 0.252. The smallest absolute Gasteiger partial charge is 0.320 e. The zero-order valence-corrected chi connectivity index (χ0v) is 14.9. The second kappa shape index (κ2) is 8.31. The summed E-state index contributed by atoms with van der Waals surface area (Å²) in [5, 5.41) is 9.95. The average Bonchev–Trinajstić information content (AvgIpc) is 2.83. The second-order valence-corrected chi connectivity index (χ2v) is 6.22. The van der Waals surface area contributed by atoms with Gasteiger partial charge < -0.3 is 5.32 Å². The largest absolute Gasteiger partial charge is 0.338 e. The van der Waals surface area contributed by atoms with Gasteiger partial charge in [-0.2, -0.15) is 5.10 Å². The van der Waals surface area contributed by atoms with Gasteiger partial charge in [-0.1, -0.05) is 31.0 Å². The molecule has 0 aliphatic rings. The Hall–Kier alpha value is -1.60. The number of nitrogens with one attached hydrogen (secondary N) is 2. The highest BCUT2D eigenvalue weighted by atomic mass is 79.9. The van der Waals surface area contributed by atoms with E-state index in [1.165, 1.54) is 10.7 Å². The number of unbranched alkanes of at least 4 members (excludes halogenated alkanes) is 1. The maximum Gasteiger partial charge on any atom is 0.320 e. The third kappa shape index (κ3) is 4.94. The first-order valence-electron chi connectivity index (χ1n) is 7.22. The van der Waals surface area contributed by atoms with Gasteiger partial charge in [0.05, 0.1) is 11.0 Å². The van der Waals surface area contributed by atoms with E-state index in [0.717, 1.165) is 12.8 Å². The van der Waals surface area contributed by atoms with E-state index in [-0.39, 0.29) is 12.6 Å². The highest BCUT2D eigenvalue weighted by Gasteiger charge is 2.13. The van der Waals surface area contributed by atoms with Gasteiger partial charge in [0.2, 0.25) is 0 Å². The molecule has 2 N–H and O–H groups in total. The molecule has 0 unspecified atom stereocenters. The molecule has 23 heavy (non-hydrogen) atoms. The lowest BCUT2D eigenvalue weighted by atomic mass is 10.2. The monoisotopic (exact) mass is 402 g/mol. The molecule has 124 valence electrons. The maximum atomic E-state index is 13.8. The lowest BCUT2D eigenvalue weighted by Crippen LogP contribution is -2.29. The van der Waals surface area contributed by atoms with E-state index in [4.69, 9.17) is 11.6 Å². The fourth-order valence-corrected chi connectivity index (χ4v) is 2.58. The van der Waals surface area contributed by atoms with Gasteiger partial charge in [-0.3, -0.25) is 10.00 Å². The van der Waals surface area contributed by atoms with E-state index in [9.17, 15) is 9.18 Å². The standard InChI is InChI=1S/C15H17BrClFN4O/c1-2-3-7-19-15(23)20-14-11(16)9-22(21-14)8-10-12(17)5-4-6-13(10)18/h4-6,9H,2-3,7-8H2,1H3,(H2,19,20,21,23). The van der Waals surface area contributed by atoms with Crippen LogP contribution in [-0.2, 0) is 6.54 Å². The average molecular weight is 404 g/mol. The van der Waals surface area contributed by atoms with Crippen molar-refractivity contribution in [3.05, 3.63) is 45.3 Å². The Bertz CT molecular complexity index is 672. The molecule has 5 nitrogen and oxygen atoms in total. The SMILES string of the molecule is CCCCNC(=O)Nc1nn(Cc2c(F)cccc2Cl)cc1Br. The molecule has 0 atom stereocenters. The number of nitrogens with zero attached hydrogens (tertiary/aromatic N) is 2. The van der Waals surface area contributed by atoms with Crippen LogP contribution in [0.2, 0.25) is 5.02 Å². The fraction of sp³-hybridized carbons (Fsp3) is 0.333. The zero-order chi connectivity index (χ0) is 16.8. The molecule has 0 radical (unpaired) electrons. The first-order chi connectivity index (χ1) is 11.0. The number of benzene rings is 1. The molecule has 0 spiro atoms. The van der Waals surface area contributed by atoms with Crippen molar-refractivity contribution in [2.45, 2.75) is 26.3 Å². The van der Waals surface area contributed by atoms with Crippen LogP contribution >= 0.6 is 27.5 Å². The van der Waals surface area contributed by atoms with Gasteiger partial charge in [-0.15, -0.1) is 0 Å². The highest BCUT2D eigenvalue weighted by molar-refractivity contribution is 9.10. The maximum absolute atomic E-state index is 13.8. The van der Waals surface area contributed by atoms with Gasteiger partial charge >= 0.3 is 6.03 Å². The van der Waals surface area contributed by atoms with E-state index in [0.29, 0.717) is 27.4 Å². The molecule has 0 saturated heterocycles. The minimum absolute atomic E-state index is 0.170. The molecule has 0 fully saturated rings. The first kappa shape index (κ1) is 17.7. The van der Waals surface area contributed by atoms with Crippen molar-refractivity contribution in [1.29, 1.82) is 0 Å². The number of urea groups is 1. The van der Waals surface area contributed by atoms with Crippen molar-refractivity contribution in [2.75, 3.05) is 11.9 Å². The molecule has 8 heteroatoms. The van der Waals surface area contributed by atoms with Crippen LogP contribution in [-0.4, -0.2) is 22.4 Å². The predicted octanol–water partition coefficient (Wildman–Crippen LogP) is 4.41. The topological polar surface area (TPSA) is 59.0 Å². The Kier molecular flexibility index (Phi) is 6.41. The molecule has 2 rings (SSSR count).